The van der Waals surface area contributed by atoms with Crippen LogP contribution in [0.3, 0.4) is 0 Å². The summed E-state index contributed by atoms with van der Waals surface area (Å²) in [5, 5.41) is 3.39. The maximum atomic E-state index is 12.8. The zero-order valence-electron chi connectivity index (χ0n) is 15.6. The van der Waals surface area contributed by atoms with E-state index >= 15 is 0 Å². The maximum absolute atomic E-state index is 12.8. The topological polar surface area (TPSA) is 69.7 Å². The van der Waals surface area contributed by atoms with Crippen molar-refractivity contribution < 1.29 is 13.2 Å². The first-order chi connectivity index (χ1) is 13.0. The second-order valence-electron chi connectivity index (χ2n) is 7.37. The average Bonchev–Trinajstić information content (AvgIpc) is 2.91. The molecule has 1 aliphatic carbocycles. The van der Waals surface area contributed by atoms with Gasteiger partial charge in [-0.3, -0.25) is 9.69 Å². The molecule has 2 fully saturated rings. The lowest BCUT2D eigenvalue weighted by Crippen LogP contribution is -2.51. The molecule has 0 radical (unpaired) electrons. The lowest BCUT2D eigenvalue weighted by molar-refractivity contribution is -0.123. The van der Waals surface area contributed by atoms with E-state index in [4.69, 9.17) is 11.6 Å². The molecule has 6 nitrogen and oxygen atoms in total. The molecular formula is C19H28ClN3O3S. The Bertz CT molecular complexity index is 740. The SMILES string of the molecule is O=C(CN1CCN(S(=O)(=O)c2ccccc2Cl)CC1)NC1CCCCCC1. The lowest BCUT2D eigenvalue weighted by atomic mass is 10.1. The van der Waals surface area contributed by atoms with E-state index in [0.29, 0.717) is 38.8 Å². The van der Waals surface area contributed by atoms with Crippen LogP contribution < -0.4 is 5.32 Å². The predicted molar refractivity (Wildman–Crippen MR) is 106 cm³/mol. The maximum Gasteiger partial charge on any atom is 0.244 e. The number of carbonyl (C=O) groups excluding carboxylic acids is 1. The predicted octanol–water partition coefficient (Wildman–Crippen LogP) is 2.49. The highest BCUT2D eigenvalue weighted by atomic mass is 35.5. The molecule has 8 heteroatoms. The van der Waals surface area contributed by atoms with E-state index in [-0.39, 0.29) is 15.8 Å². The number of nitrogens with one attached hydrogen (secondary N) is 1. The zero-order valence-corrected chi connectivity index (χ0v) is 17.1. The Hall–Kier alpha value is -1.15. The van der Waals surface area contributed by atoms with Crippen LogP contribution >= 0.6 is 11.6 Å². The van der Waals surface area contributed by atoms with Crippen LogP contribution in [0.4, 0.5) is 0 Å². The van der Waals surface area contributed by atoms with Gasteiger partial charge in [-0.25, -0.2) is 8.42 Å². The van der Waals surface area contributed by atoms with E-state index in [1.54, 1.807) is 18.2 Å². The van der Waals surface area contributed by atoms with Gasteiger partial charge >= 0.3 is 0 Å². The summed E-state index contributed by atoms with van der Waals surface area (Å²) in [4.78, 5) is 14.5. The van der Waals surface area contributed by atoms with Crippen molar-refractivity contribution in [3.05, 3.63) is 29.3 Å². The van der Waals surface area contributed by atoms with Crippen LogP contribution in [0, 0.1) is 0 Å². The summed E-state index contributed by atoms with van der Waals surface area (Å²) in [6.45, 7) is 2.15. The molecular weight excluding hydrogens is 386 g/mol. The highest BCUT2D eigenvalue weighted by molar-refractivity contribution is 7.89. The minimum absolute atomic E-state index is 0.0457. The second kappa shape index (κ2) is 9.37. The molecule has 1 N–H and O–H groups in total. The number of benzene rings is 1. The first kappa shape index (κ1) is 20.6. The number of amides is 1. The molecule has 1 amide bonds. The zero-order chi connectivity index (χ0) is 19.3. The van der Waals surface area contributed by atoms with Crippen LogP contribution in [-0.4, -0.2) is 62.3 Å². The van der Waals surface area contributed by atoms with Crippen molar-refractivity contribution in [1.29, 1.82) is 0 Å². The fourth-order valence-corrected chi connectivity index (χ4v) is 5.74. The second-order valence-corrected chi connectivity index (χ2v) is 9.68. The molecule has 1 aliphatic heterocycles. The number of hydrogen-bond acceptors (Lipinski definition) is 4. The molecule has 27 heavy (non-hydrogen) atoms. The standard InChI is InChI=1S/C19H28ClN3O3S/c20-17-9-5-6-10-18(17)27(25,26)23-13-11-22(12-14-23)15-19(24)21-16-7-3-1-2-4-8-16/h5-6,9-10,16H,1-4,7-8,11-15H2,(H,21,24). The van der Waals surface area contributed by atoms with E-state index in [0.717, 1.165) is 12.8 Å². The van der Waals surface area contributed by atoms with Crippen LogP contribution in [0.1, 0.15) is 38.5 Å². The first-order valence-corrected chi connectivity index (χ1v) is 11.5. The Kier molecular flexibility index (Phi) is 7.14. The minimum atomic E-state index is -3.60. The lowest BCUT2D eigenvalue weighted by Gasteiger charge is -2.34. The van der Waals surface area contributed by atoms with Crippen LogP contribution in [0.5, 0.6) is 0 Å². The first-order valence-electron chi connectivity index (χ1n) is 9.73. The number of nitrogens with zero attached hydrogens (tertiary/aromatic N) is 2. The number of halogens is 1. The van der Waals surface area contributed by atoms with Gasteiger partial charge in [0.2, 0.25) is 15.9 Å². The molecule has 3 rings (SSSR count). The van der Waals surface area contributed by atoms with Crippen molar-refractivity contribution in [3.8, 4) is 0 Å². The van der Waals surface area contributed by atoms with Gasteiger partial charge < -0.3 is 5.32 Å². The smallest absolute Gasteiger partial charge is 0.244 e. The third kappa shape index (κ3) is 5.44. The molecule has 1 aromatic rings. The average molecular weight is 414 g/mol. The van der Waals surface area contributed by atoms with Gasteiger partial charge in [0.15, 0.2) is 0 Å². The van der Waals surface area contributed by atoms with Crippen LogP contribution in [0.25, 0.3) is 0 Å². The Morgan fingerprint density at radius 3 is 2.30 bits per heavy atom. The number of hydrogen-bond donors (Lipinski definition) is 1. The summed E-state index contributed by atoms with van der Waals surface area (Å²) in [5.41, 5.74) is 0. The summed E-state index contributed by atoms with van der Waals surface area (Å²) >= 11 is 6.06. The van der Waals surface area contributed by atoms with Crippen molar-refractivity contribution in [1.82, 2.24) is 14.5 Å². The van der Waals surface area contributed by atoms with Crippen molar-refractivity contribution >= 4 is 27.5 Å². The number of rotatable bonds is 5. The molecule has 1 heterocycles. The summed E-state index contributed by atoms with van der Waals surface area (Å²) in [6.07, 6.45) is 7.01. The van der Waals surface area contributed by atoms with E-state index < -0.39 is 10.0 Å². The fourth-order valence-electron chi connectivity index (χ4n) is 3.82. The normalized spacial score (nSPS) is 20.9. The highest BCUT2D eigenvalue weighted by Crippen LogP contribution is 2.25. The van der Waals surface area contributed by atoms with Gasteiger partial charge in [-0.2, -0.15) is 4.31 Å². The highest BCUT2D eigenvalue weighted by Gasteiger charge is 2.30. The molecule has 150 valence electrons. The number of piperazine rings is 1. The van der Waals surface area contributed by atoms with Gasteiger partial charge in [-0.05, 0) is 25.0 Å². The fraction of sp³-hybridized carbons (Fsp3) is 0.632. The van der Waals surface area contributed by atoms with Gasteiger partial charge in [0.1, 0.15) is 4.90 Å². The van der Waals surface area contributed by atoms with E-state index in [1.165, 1.54) is 36.1 Å². The van der Waals surface area contributed by atoms with Crippen molar-refractivity contribution in [3.63, 3.8) is 0 Å². The Morgan fingerprint density at radius 2 is 1.67 bits per heavy atom. The summed E-state index contributed by atoms with van der Waals surface area (Å²) in [6, 6.07) is 6.80. The van der Waals surface area contributed by atoms with Crippen molar-refractivity contribution in [2.24, 2.45) is 0 Å². The summed E-state index contributed by atoms with van der Waals surface area (Å²) < 4.78 is 27.0. The van der Waals surface area contributed by atoms with E-state index in [9.17, 15) is 13.2 Å². The van der Waals surface area contributed by atoms with Gasteiger partial charge in [-0.1, -0.05) is 49.4 Å². The van der Waals surface area contributed by atoms with Crippen LogP contribution in [0.15, 0.2) is 29.2 Å². The molecule has 0 atom stereocenters. The molecule has 1 saturated heterocycles. The van der Waals surface area contributed by atoms with Gasteiger partial charge in [0.25, 0.3) is 0 Å². The quantitative estimate of drug-likeness (QED) is 0.753. The van der Waals surface area contributed by atoms with Gasteiger partial charge in [0, 0.05) is 32.2 Å². The molecule has 0 aromatic heterocycles. The molecule has 2 aliphatic rings. The van der Waals surface area contributed by atoms with Crippen LogP contribution in [0.2, 0.25) is 5.02 Å². The summed E-state index contributed by atoms with van der Waals surface area (Å²) in [5.74, 6) is 0.0457. The molecule has 0 spiro atoms. The molecule has 1 saturated carbocycles. The van der Waals surface area contributed by atoms with Gasteiger partial charge in [0.05, 0.1) is 11.6 Å². The number of carbonyl (C=O) groups is 1. The van der Waals surface area contributed by atoms with Crippen molar-refractivity contribution in [2.75, 3.05) is 32.7 Å². The van der Waals surface area contributed by atoms with Gasteiger partial charge in [-0.15, -0.1) is 0 Å². The Morgan fingerprint density at radius 1 is 1.04 bits per heavy atom. The van der Waals surface area contributed by atoms with E-state index in [2.05, 4.69) is 5.32 Å². The number of sulfonamides is 1. The molecule has 0 unspecified atom stereocenters. The molecule has 1 aromatic carbocycles. The monoisotopic (exact) mass is 413 g/mol. The molecule has 0 bridgehead atoms. The van der Waals surface area contributed by atoms with Crippen LogP contribution in [-0.2, 0) is 14.8 Å². The minimum Gasteiger partial charge on any atom is -0.352 e. The van der Waals surface area contributed by atoms with E-state index in [1.807, 2.05) is 4.90 Å². The Labute approximate surface area is 166 Å². The largest absolute Gasteiger partial charge is 0.352 e. The van der Waals surface area contributed by atoms with Crippen molar-refractivity contribution in [2.45, 2.75) is 49.5 Å². The summed E-state index contributed by atoms with van der Waals surface area (Å²) in [7, 11) is -3.60. The Balaban J connectivity index is 1.50. The third-order valence-electron chi connectivity index (χ3n) is 5.37. The third-order valence-corrected chi connectivity index (χ3v) is 7.77.